The Morgan fingerprint density at radius 2 is 2.53 bits per heavy atom. The zero-order valence-corrected chi connectivity index (χ0v) is 10.3. The monoisotopic (exact) mass is 257 g/mol. The number of nitrogens with two attached hydrogens (primary N) is 1. The van der Waals surface area contributed by atoms with Gasteiger partial charge in [0.1, 0.15) is 12.0 Å². The molecule has 1 aliphatic rings. The topological polar surface area (TPSA) is 90.4 Å². The van der Waals surface area contributed by atoms with Crippen molar-refractivity contribution in [3.63, 3.8) is 0 Å². The van der Waals surface area contributed by atoms with Crippen molar-refractivity contribution >= 4 is 17.6 Å². The molecule has 0 amide bonds. The Balaban J connectivity index is 2.19. The van der Waals surface area contributed by atoms with E-state index in [1.807, 2.05) is 0 Å². The van der Waals surface area contributed by atoms with Crippen LogP contribution in [0.3, 0.4) is 0 Å². The van der Waals surface area contributed by atoms with Crippen LogP contribution in [0.4, 0.5) is 5.82 Å². The summed E-state index contributed by atoms with van der Waals surface area (Å²) in [6, 6.07) is 0. The molecule has 0 aromatic carbocycles. The summed E-state index contributed by atoms with van der Waals surface area (Å²) in [6.07, 6.45) is 1.33. The zero-order valence-electron chi connectivity index (χ0n) is 9.50. The van der Waals surface area contributed by atoms with E-state index in [4.69, 9.17) is 15.6 Å². The highest BCUT2D eigenvalue weighted by molar-refractivity contribution is 8.00. The number of ether oxygens (including phenoxy) is 1. The highest BCUT2D eigenvalue weighted by Crippen LogP contribution is 2.25. The molecule has 17 heavy (non-hydrogen) atoms. The van der Waals surface area contributed by atoms with Crippen molar-refractivity contribution in [3.05, 3.63) is 22.2 Å². The third-order valence-electron chi connectivity index (χ3n) is 2.64. The predicted molar refractivity (Wildman–Crippen MR) is 66.0 cm³/mol. The maximum atomic E-state index is 11.7. The van der Waals surface area contributed by atoms with E-state index in [2.05, 4.69) is 4.98 Å². The summed E-state index contributed by atoms with van der Waals surface area (Å²) in [5, 5.41) is 9.07. The number of aliphatic hydroxyl groups is 1. The summed E-state index contributed by atoms with van der Waals surface area (Å²) in [7, 11) is 0. The van der Waals surface area contributed by atoms with E-state index in [-0.39, 0.29) is 23.9 Å². The van der Waals surface area contributed by atoms with Gasteiger partial charge in [-0.1, -0.05) is 0 Å². The molecule has 2 heterocycles. The second-order valence-corrected chi connectivity index (χ2v) is 5.26. The van der Waals surface area contributed by atoms with Crippen molar-refractivity contribution < 1.29 is 9.84 Å². The molecule has 0 aliphatic carbocycles. The lowest BCUT2D eigenvalue weighted by molar-refractivity contribution is 0.00477. The molecule has 7 heteroatoms. The number of aryl methyl sites for hydroxylation is 1. The van der Waals surface area contributed by atoms with E-state index in [0.717, 1.165) is 5.56 Å². The maximum Gasteiger partial charge on any atom is 0.351 e. The molecule has 0 saturated carbocycles. The third kappa shape index (κ3) is 2.62. The van der Waals surface area contributed by atoms with Gasteiger partial charge < -0.3 is 15.6 Å². The Bertz CT molecular complexity index is 455. The molecule has 0 radical (unpaired) electrons. The minimum Gasteiger partial charge on any atom is -0.395 e. The van der Waals surface area contributed by atoms with Gasteiger partial charge in [0.2, 0.25) is 0 Å². The second-order valence-electron chi connectivity index (χ2n) is 3.92. The summed E-state index contributed by atoms with van der Waals surface area (Å²) < 4.78 is 7.00. The third-order valence-corrected chi connectivity index (χ3v) is 3.87. The Labute approximate surface area is 103 Å². The lowest BCUT2D eigenvalue weighted by Crippen LogP contribution is -2.36. The van der Waals surface area contributed by atoms with E-state index < -0.39 is 5.69 Å². The average molecular weight is 257 g/mol. The van der Waals surface area contributed by atoms with E-state index in [1.165, 1.54) is 4.57 Å². The fourth-order valence-electron chi connectivity index (χ4n) is 1.58. The van der Waals surface area contributed by atoms with Gasteiger partial charge >= 0.3 is 5.69 Å². The standard InChI is InChI=1S/C10H15N3O3S/c1-6-2-13(10(15)12-9(6)11)8-5-17-7(3-14)4-16-8/h2,7-8,14H,3-5H2,1H3,(H2,11,12,15). The fraction of sp³-hybridized carbons (Fsp3) is 0.600. The Hall–Kier alpha value is -1.05. The molecule has 6 nitrogen and oxygen atoms in total. The molecule has 1 aromatic rings. The Kier molecular flexibility index (Phi) is 3.70. The number of aromatic nitrogens is 2. The van der Waals surface area contributed by atoms with Crippen LogP contribution in [0, 0.1) is 6.92 Å². The normalized spacial score (nSPS) is 24.8. The molecule has 2 rings (SSSR count). The lowest BCUT2D eigenvalue weighted by atomic mass is 10.3. The molecule has 2 unspecified atom stereocenters. The van der Waals surface area contributed by atoms with Gasteiger partial charge in [0.15, 0.2) is 0 Å². The number of nitrogens with zero attached hydrogens (tertiary/aromatic N) is 2. The molecule has 2 atom stereocenters. The van der Waals surface area contributed by atoms with Crippen LogP contribution in [-0.4, -0.2) is 38.9 Å². The van der Waals surface area contributed by atoms with Crippen molar-refractivity contribution in [2.24, 2.45) is 0 Å². The fourth-order valence-corrected chi connectivity index (χ4v) is 2.56. The van der Waals surface area contributed by atoms with E-state index in [1.54, 1.807) is 24.9 Å². The maximum absolute atomic E-state index is 11.7. The molecule has 0 bridgehead atoms. The van der Waals surface area contributed by atoms with E-state index >= 15 is 0 Å². The molecule has 1 aromatic heterocycles. The van der Waals surface area contributed by atoms with Gasteiger partial charge in [-0.05, 0) is 6.92 Å². The van der Waals surface area contributed by atoms with Crippen LogP contribution >= 0.6 is 11.8 Å². The molecular formula is C10H15N3O3S. The van der Waals surface area contributed by atoms with Crippen LogP contribution in [0.5, 0.6) is 0 Å². The van der Waals surface area contributed by atoms with Crippen LogP contribution in [0.25, 0.3) is 0 Å². The van der Waals surface area contributed by atoms with Crippen molar-refractivity contribution in [1.82, 2.24) is 9.55 Å². The van der Waals surface area contributed by atoms with Gasteiger partial charge in [-0.3, -0.25) is 4.57 Å². The number of hydrogen-bond acceptors (Lipinski definition) is 6. The minimum absolute atomic E-state index is 0.0878. The number of anilines is 1. The van der Waals surface area contributed by atoms with Gasteiger partial charge in [0.25, 0.3) is 0 Å². The number of rotatable bonds is 2. The van der Waals surface area contributed by atoms with Crippen molar-refractivity contribution in [1.29, 1.82) is 0 Å². The van der Waals surface area contributed by atoms with Gasteiger partial charge in [0.05, 0.1) is 18.5 Å². The van der Waals surface area contributed by atoms with Crippen LogP contribution in [0.1, 0.15) is 11.8 Å². The molecule has 3 N–H and O–H groups in total. The summed E-state index contributed by atoms with van der Waals surface area (Å²) in [5.41, 5.74) is 5.91. The molecule has 0 spiro atoms. The average Bonchev–Trinajstić information content (AvgIpc) is 2.34. The van der Waals surface area contributed by atoms with Gasteiger partial charge in [-0.25, -0.2) is 4.79 Å². The van der Waals surface area contributed by atoms with Gasteiger partial charge in [0, 0.05) is 17.5 Å². The quantitative estimate of drug-likeness (QED) is 0.759. The van der Waals surface area contributed by atoms with E-state index in [0.29, 0.717) is 12.4 Å². The highest BCUT2D eigenvalue weighted by Gasteiger charge is 2.24. The van der Waals surface area contributed by atoms with Crippen LogP contribution in [-0.2, 0) is 4.74 Å². The largest absolute Gasteiger partial charge is 0.395 e. The molecular weight excluding hydrogens is 242 g/mol. The summed E-state index contributed by atoms with van der Waals surface area (Å²) >= 11 is 1.59. The number of aliphatic hydroxyl groups excluding tert-OH is 1. The van der Waals surface area contributed by atoms with Crippen LogP contribution in [0.15, 0.2) is 11.0 Å². The Morgan fingerprint density at radius 1 is 1.76 bits per heavy atom. The molecule has 1 saturated heterocycles. The van der Waals surface area contributed by atoms with Crippen LogP contribution in [0.2, 0.25) is 0 Å². The number of hydrogen-bond donors (Lipinski definition) is 2. The SMILES string of the molecule is Cc1cn(C2CSC(CO)CO2)c(=O)nc1N. The summed E-state index contributed by atoms with van der Waals surface area (Å²) in [5.74, 6) is 0.874. The minimum atomic E-state index is -0.402. The first kappa shape index (κ1) is 12.4. The first-order chi connectivity index (χ1) is 8.11. The first-order valence-electron chi connectivity index (χ1n) is 5.31. The van der Waals surface area contributed by atoms with Crippen molar-refractivity contribution in [2.45, 2.75) is 18.4 Å². The number of nitrogen functional groups attached to an aromatic ring is 1. The van der Waals surface area contributed by atoms with E-state index in [9.17, 15) is 4.79 Å². The smallest absolute Gasteiger partial charge is 0.351 e. The van der Waals surface area contributed by atoms with Gasteiger partial charge in [-0.15, -0.1) is 11.8 Å². The zero-order chi connectivity index (χ0) is 12.4. The molecule has 1 fully saturated rings. The summed E-state index contributed by atoms with van der Waals surface area (Å²) in [4.78, 5) is 15.4. The lowest BCUT2D eigenvalue weighted by Gasteiger charge is -2.28. The van der Waals surface area contributed by atoms with Crippen LogP contribution < -0.4 is 11.4 Å². The molecule has 94 valence electrons. The predicted octanol–water partition coefficient (Wildman–Crippen LogP) is -0.243. The number of thioether (sulfide) groups is 1. The van der Waals surface area contributed by atoms with Gasteiger partial charge in [-0.2, -0.15) is 4.98 Å². The van der Waals surface area contributed by atoms with Crippen molar-refractivity contribution in [3.8, 4) is 0 Å². The second kappa shape index (κ2) is 5.07. The molecule has 1 aliphatic heterocycles. The first-order valence-corrected chi connectivity index (χ1v) is 6.36. The summed E-state index contributed by atoms with van der Waals surface area (Å²) in [6.45, 7) is 2.32. The Morgan fingerprint density at radius 3 is 3.12 bits per heavy atom. The van der Waals surface area contributed by atoms with Crippen molar-refractivity contribution in [2.75, 3.05) is 24.7 Å². The highest BCUT2D eigenvalue weighted by atomic mass is 32.2.